The molecule has 4 heteroatoms. The van der Waals surface area contributed by atoms with Crippen LogP contribution in [0.3, 0.4) is 0 Å². The van der Waals surface area contributed by atoms with Gasteiger partial charge in [-0.15, -0.1) is 0 Å². The zero-order valence-electron chi connectivity index (χ0n) is 12.3. The minimum Gasteiger partial charge on any atom is -0.314 e. The van der Waals surface area contributed by atoms with E-state index in [0.29, 0.717) is 17.6 Å². The quantitative estimate of drug-likeness (QED) is 0.863. The molecule has 2 rings (SSSR count). The van der Waals surface area contributed by atoms with Crippen molar-refractivity contribution in [1.82, 2.24) is 10.6 Å². The fourth-order valence-electron chi connectivity index (χ4n) is 2.99. The second-order valence-electron chi connectivity index (χ2n) is 5.84. The summed E-state index contributed by atoms with van der Waals surface area (Å²) in [7, 11) is 0. The Morgan fingerprint density at radius 2 is 2.10 bits per heavy atom. The lowest BCUT2D eigenvalue weighted by Gasteiger charge is -2.28. The molecule has 1 aliphatic rings. The lowest BCUT2D eigenvalue weighted by atomic mass is 9.98. The fourth-order valence-corrected chi connectivity index (χ4v) is 2.99. The van der Waals surface area contributed by atoms with Crippen LogP contribution in [-0.4, -0.2) is 18.6 Å². The standard InChI is InChI=1S/C16H24F2N2/c1-11(9-14-5-3-4-8-19-14)20-12(2)15-7-6-13(17)10-16(15)18/h6-7,10-12,14,19-20H,3-5,8-9H2,1-2H3. The van der Waals surface area contributed by atoms with Crippen LogP contribution in [0, 0.1) is 11.6 Å². The van der Waals surface area contributed by atoms with E-state index in [1.165, 1.54) is 31.4 Å². The van der Waals surface area contributed by atoms with E-state index in [-0.39, 0.29) is 6.04 Å². The lowest BCUT2D eigenvalue weighted by Crippen LogP contribution is -2.40. The number of nitrogens with one attached hydrogen (secondary N) is 2. The summed E-state index contributed by atoms with van der Waals surface area (Å²) in [5, 5.41) is 6.92. The molecule has 1 fully saturated rings. The molecule has 3 unspecified atom stereocenters. The van der Waals surface area contributed by atoms with Gasteiger partial charge in [0, 0.05) is 29.8 Å². The van der Waals surface area contributed by atoms with Crippen molar-refractivity contribution in [3.8, 4) is 0 Å². The van der Waals surface area contributed by atoms with E-state index in [0.717, 1.165) is 19.0 Å². The molecule has 0 bridgehead atoms. The molecule has 20 heavy (non-hydrogen) atoms. The average Bonchev–Trinajstić information content (AvgIpc) is 2.39. The molecular formula is C16H24F2N2. The predicted octanol–water partition coefficient (Wildman–Crippen LogP) is 3.54. The van der Waals surface area contributed by atoms with E-state index in [9.17, 15) is 8.78 Å². The number of benzene rings is 1. The summed E-state index contributed by atoms with van der Waals surface area (Å²) in [5.74, 6) is -1.01. The highest BCUT2D eigenvalue weighted by Gasteiger charge is 2.18. The SMILES string of the molecule is CC(CC1CCCCN1)NC(C)c1ccc(F)cc1F. The van der Waals surface area contributed by atoms with E-state index in [4.69, 9.17) is 0 Å². The summed E-state index contributed by atoms with van der Waals surface area (Å²) >= 11 is 0. The number of hydrogen-bond donors (Lipinski definition) is 2. The molecule has 2 N–H and O–H groups in total. The van der Waals surface area contributed by atoms with Crippen LogP contribution in [0.25, 0.3) is 0 Å². The van der Waals surface area contributed by atoms with Crippen LogP contribution in [0.15, 0.2) is 18.2 Å². The first-order valence-corrected chi connectivity index (χ1v) is 7.50. The Morgan fingerprint density at radius 3 is 2.75 bits per heavy atom. The zero-order valence-corrected chi connectivity index (χ0v) is 12.3. The van der Waals surface area contributed by atoms with Crippen LogP contribution >= 0.6 is 0 Å². The normalized spacial score (nSPS) is 22.5. The summed E-state index contributed by atoms with van der Waals surface area (Å²) in [6.45, 7) is 5.13. The number of rotatable bonds is 5. The first-order chi connectivity index (χ1) is 9.56. The Morgan fingerprint density at radius 1 is 1.30 bits per heavy atom. The van der Waals surface area contributed by atoms with Crippen molar-refractivity contribution in [1.29, 1.82) is 0 Å². The molecular weight excluding hydrogens is 258 g/mol. The Kier molecular flexibility index (Phi) is 5.49. The van der Waals surface area contributed by atoms with Gasteiger partial charge in [-0.25, -0.2) is 8.78 Å². The third-order valence-electron chi connectivity index (χ3n) is 4.01. The van der Waals surface area contributed by atoms with Gasteiger partial charge < -0.3 is 10.6 Å². The largest absolute Gasteiger partial charge is 0.314 e. The summed E-state index contributed by atoms with van der Waals surface area (Å²) in [5.41, 5.74) is 0.523. The molecule has 1 aromatic rings. The van der Waals surface area contributed by atoms with Gasteiger partial charge in [-0.1, -0.05) is 12.5 Å². The maximum atomic E-state index is 13.7. The van der Waals surface area contributed by atoms with Crippen molar-refractivity contribution < 1.29 is 8.78 Å². The Bertz CT molecular complexity index is 430. The highest BCUT2D eigenvalue weighted by molar-refractivity contribution is 5.21. The van der Waals surface area contributed by atoms with Crippen LogP contribution < -0.4 is 10.6 Å². The second-order valence-corrected chi connectivity index (χ2v) is 5.84. The third kappa shape index (κ3) is 4.25. The van der Waals surface area contributed by atoms with Gasteiger partial charge in [0.05, 0.1) is 0 Å². The van der Waals surface area contributed by atoms with E-state index >= 15 is 0 Å². The van der Waals surface area contributed by atoms with Crippen LogP contribution in [0.4, 0.5) is 8.78 Å². The molecule has 1 saturated heterocycles. The maximum Gasteiger partial charge on any atom is 0.130 e. The molecule has 0 amide bonds. The van der Waals surface area contributed by atoms with Gasteiger partial charge in [-0.3, -0.25) is 0 Å². The van der Waals surface area contributed by atoms with Gasteiger partial charge in [0.25, 0.3) is 0 Å². The summed E-state index contributed by atoms with van der Waals surface area (Å²) in [4.78, 5) is 0. The Hall–Kier alpha value is -1.00. The molecule has 1 heterocycles. The average molecular weight is 282 g/mol. The van der Waals surface area contributed by atoms with Crippen molar-refractivity contribution in [2.45, 2.75) is 57.7 Å². The van der Waals surface area contributed by atoms with Gasteiger partial charge in [0.2, 0.25) is 0 Å². The molecule has 0 saturated carbocycles. The molecule has 112 valence electrons. The molecule has 0 spiro atoms. The molecule has 0 aliphatic carbocycles. The van der Waals surface area contributed by atoms with Crippen molar-refractivity contribution in [3.63, 3.8) is 0 Å². The number of hydrogen-bond acceptors (Lipinski definition) is 2. The molecule has 3 atom stereocenters. The van der Waals surface area contributed by atoms with Crippen LogP contribution in [0.5, 0.6) is 0 Å². The highest BCUT2D eigenvalue weighted by atomic mass is 19.1. The second kappa shape index (κ2) is 7.14. The monoisotopic (exact) mass is 282 g/mol. The van der Waals surface area contributed by atoms with Crippen molar-refractivity contribution in [2.75, 3.05) is 6.54 Å². The minimum atomic E-state index is -0.530. The molecule has 2 nitrogen and oxygen atoms in total. The first kappa shape index (κ1) is 15.4. The Balaban J connectivity index is 1.87. The molecule has 0 aromatic heterocycles. The Labute approximate surface area is 120 Å². The van der Waals surface area contributed by atoms with E-state index < -0.39 is 11.6 Å². The summed E-state index contributed by atoms with van der Waals surface area (Å²) in [6, 6.07) is 4.51. The first-order valence-electron chi connectivity index (χ1n) is 7.50. The fraction of sp³-hybridized carbons (Fsp3) is 0.625. The van der Waals surface area contributed by atoms with Gasteiger partial charge in [-0.2, -0.15) is 0 Å². The smallest absolute Gasteiger partial charge is 0.130 e. The van der Waals surface area contributed by atoms with Crippen molar-refractivity contribution in [3.05, 3.63) is 35.4 Å². The van der Waals surface area contributed by atoms with E-state index in [2.05, 4.69) is 17.6 Å². The number of halogens is 2. The molecule has 1 aliphatic heterocycles. The molecule has 0 radical (unpaired) electrons. The lowest BCUT2D eigenvalue weighted by molar-refractivity contribution is 0.332. The summed E-state index contributed by atoms with van der Waals surface area (Å²) < 4.78 is 26.6. The van der Waals surface area contributed by atoms with Gasteiger partial charge >= 0.3 is 0 Å². The highest BCUT2D eigenvalue weighted by Crippen LogP contribution is 2.19. The van der Waals surface area contributed by atoms with Gasteiger partial charge in [0.1, 0.15) is 11.6 Å². The molecule has 1 aromatic carbocycles. The summed E-state index contributed by atoms with van der Waals surface area (Å²) in [6.07, 6.45) is 4.79. The van der Waals surface area contributed by atoms with Crippen LogP contribution in [0.1, 0.15) is 51.1 Å². The van der Waals surface area contributed by atoms with Crippen molar-refractivity contribution >= 4 is 0 Å². The third-order valence-corrected chi connectivity index (χ3v) is 4.01. The van der Waals surface area contributed by atoms with Crippen LogP contribution in [-0.2, 0) is 0 Å². The van der Waals surface area contributed by atoms with Gasteiger partial charge in [-0.05, 0) is 45.7 Å². The van der Waals surface area contributed by atoms with E-state index in [1.54, 1.807) is 0 Å². The number of piperidine rings is 1. The van der Waals surface area contributed by atoms with E-state index in [1.807, 2.05) is 6.92 Å². The topological polar surface area (TPSA) is 24.1 Å². The van der Waals surface area contributed by atoms with Crippen molar-refractivity contribution in [2.24, 2.45) is 0 Å². The maximum absolute atomic E-state index is 13.7. The predicted molar refractivity (Wildman–Crippen MR) is 77.6 cm³/mol. The zero-order chi connectivity index (χ0) is 14.5. The minimum absolute atomic E-state index is 0.116. The van der Waals surface area contributed by atoms with Crippen LogP contribution in [0.2, 0.25) is 0 Å². The van der Waals surface area contributed by atoms with Gasteiger partial charge in [0.15, 0.2) is 0 Å².